The summed E-state index contributed by atoms with van der Waals surface area (Å²) in [5, 5.41) is 0. The number of likely N-dealkylation sites (tertiary alicyclic amines) is 1. The Morgan fingerprint density at radius 3 is 2.89 bits per heavy atom. The molecule has 0 aromatic carbocycles. The molecule has 0 spiro atoms. The van der Waals surface area contributed by atoms with E-state index in [1.54, 1.807) is 6.20 Å². The lowest BCUT2D eigenvalue weighted by Crippen LogP contribution is -2.38. The normalized spacial score (nSPS) is 26.3. The molecule has 3 heterocycles. The van der Waals surface area contributed by atoms with E-state index < -0.39 is 6.04 Å². The average Bonchev–Trinajstić information content (AvgIpc) is 3.10. The highest BCUT2D eigenvalue weighted by atomic mass is 16.5. The van der Waals surface area contributed by atoms with Crippen LogP contribution < -0.4 is 0 Å². The minimum atomic E-state index is -0.474. The van der Waals surface area contributed by atoms with Gasteiger partial charge in [0.2, 0.25) is 0 Å². The molecule has 0 aliphatic carbocycles. The Morgan fingerprint density at radius 1 is 1.33 bits per heavy atom. The summed E-state index contributed by atoms with van der Waals surface area (Å²) in [5.74, 6) is 0.0527. The minimum Gasteiger partial charge on any atom is -0.471 e. The number of aromatic nitrogens is 1. The van der Waals surface area contributed by atoms with Crippen molar-refractivity contribution < 1.29 is 9.53 Å². The molecule has 1 saturated heterocycles. The van der Waals surface area contributed by atoms with Crippen molar-refractivity contribution in [3.63, 3.8) is 0 Å². The molecule has 0 bridgehead atoms. The smallest absolute Gasteiger partial charge is 0.251 e. The summed E-state index contributed by atoms with van der Waals surface area (Å²) in [7, 11) is 0. The number of nitrogens with zero attached hydrogens (tertiary/aromatic N) is 3. The molecule has 94 valence electrons. The molecular weight excluding hydrogens is 230 g/mol. The number of rotatable bonds is 2. The van der Waals surface area contributed by atoms with Crippen molar-refractivity contribution in [3.05, 3.63) is 30.1 Å². The fourth-order valence-corrected chi connectivity index (χ4v) is 2.41. The largest absolute Gasteiger partial charge is 0.471 e. The highest BCUT2D eigenvalue weighted by Gasteiger charge is 2.37. The lowest BCUT2D eigenvalue weighted by molar-refractivity contribution is -0.133. The van der Waals surface area contributed by atoms with Gasteiger partial charge in [0.15, 0.2) is 18.5 Å². The quantitative estimate of drug-likeness (QED) is 0.786. The highest BCUT2D eigenvalue weighted by Crippen LogP contribution is 2.27. The molecule has 0 saturated carbocycles. The third-order valence-electron chi connectivity index (χ3n) is 3.37. The summed E-state index contributed by atoms with van der Waals surface area (Å²) < 4.78 is 5.43. The van der Waals surface area contributed by atoms with Crippen molar-refractivity contribution in [1.82, 2.24) is 9.88 Å². The summed E-state index contributed by atoms with van der Waals surface area (Å²) in [6, 6.07) is 5.12. The van der Waals surface area contributed by atoms with Gasteiger partial charge in [-0.1, -0.05) is 6.07 Å². The van der Waals surface area contributed by atoms with Crippen LogP contribution in [-0.4, -0.2) is 41.3 Å². The van der Waals surface area contributed by atoms with Crippen LogP contribution in [0.2, 0.25) is 0 Å². The number of pyridine rings is 1. The zero-order valence-corrected chi connectivity index (χ0v) is 10.0. The maximum Gasteiger partial charge on any atom is 0.251 e. The molecule has 1 unspecified atom stereocenters. The summed E-state index contributed by atoms with van der Waals surface area (Å²) in [6.45, 7) is 1.67. The highest BCUT2D eigenvalue weighted by molar-refractivity contribution is 5.85. The Morgan fingerprint density at radius 2 is 2.17 bits per heavy atom. The molecule has 1 aromatic heterocycles. The van der Waals surface area contributed by atoms with E-state index >= 15 is 0 Å². The van der Waals surface area contributed by atoms with Gasteiger partial charge in [-0.15, -0.1) is 0 Å². The molecule has 2 atom stereocenters. The maximum absolute atomic E-state index is 12.3. The standard InChI is InChI=1S/C13H15N3O2/c17-13(16-7-3-4-8-16)11-12(18-9-15-11)10-5-1-2-6-14-10/h1-2,5-6,9,11-12H,3-4,7-8H2/t11?,12-/m1/s1. The third kappa shape index (κ3) is 1.96. The van der Waals surface area contributed by atoms with Gasteiger partial charge in [0.05, 0.1) is 5.69 Å². The van der Waals surface area contributed by atoms with Crippen LogP contribution in [0.15, 0.2) is 29.4 Å². The number of hydrogen-bond acceptors (Lipinski definition) is 4. The van der Waals surface area contributed by atoms with Crippen LogP contribution >= 0.6 is 0 Å². The molecule has 5 nitrogen and oxygen atoms in total. The first-order valence-electron chi connectivity index (χ1n) is 6.23. The first-order valence-corrected chi connectivity index (χ1v) is 6.23. The van der Waals surface area contributed by atoms with Gasteiger partial charge in [0.1, 0.15) is 0 Å². The topological polar surface area (TPSA) is 54.8 Å². The number of carbonyl (C=O) groups excluding carboxylic acids is 1. The second-order valence-electron chi connectivity index (χ2n) is 4.54. The van der Waals surface area contributed by atoms with E-state index in [0.29, 0.717) is 0 Å². The van der Waals surface area contributed by atoms with E-state index in [1.807, 2.05) is 23.1 Å². The Labute approximate surface area is 105 Å². The summed E-state index contributed by atoms with van der Waals surface area (Å²) in [6.07, 6.45) is 4.86. The summed E-state index contributed by atoms with van der Waals surface area (Å²) in [4.78, 5) is 22.6. The van der Waals surface area contributed by atoms with Crippen LogP contribution in [0.3, 0.4) is 0 Å². The van der Waals surface area contributed by atoms with Crippen molar-refractivity contribution in [2.24, 2.45) is 4.99 Å². The monoisotopic (exact) mass is 245 g/mol. The molecule has 1 fully saturated rings. The Balaban J connectivity index is 1.78. The van der Waals surface area contributed by atoms with Gasteiger partial charge in [0.25, 0.3) is 5.91 Å². The van der Waals surface area contributed by atoms with E-state index in [9.17, 15) is 4.79 Å². The first-order chi connectivity index (χ1) is 8.86. The van der Waals surface area contributed by atoms with Crippen molar-refractivity contribution >= 4 is 12.3 Å². The third-order valence-corrected chi connectivity index (χ3v) is 3.37. The number of carbonyl (C=O) groups is 1. The van der Waals surface area contributed by atoms with Crippen LogP contribution in [0.5, 0.6) is 0 Å². The van der Waals surface area contributed by atoms with E-state index in [1.165, 1.54) is 6.40 Å². The van der Waals surface area contributed by atoms with Gasteiger partial charge in [0, 0.05) is 19.3 Å². The van der Waals surface area contributed by atoms with Crippen LogP contribution in [0, 0.1) is 0 Å². The van der Waals surface area contributed by atoms with Crippen molar-refractivity contribution in [3.8, 4) is 0 Å². The molecule has 18 heavy (non-hydrogen) atoms. The van der Waals surface area contributed by atoms with Gasteiger partial charge in [-0.2, -0.15) is 0 Å². The predicted octanol–water partition coefficient (Wildman–Crippen LogP) is 1.17. The van der Waals surface area contributed by atoms with Gasteiger partial charge >= 0.3 is 0 Å². The van der Waals surface area contributed by atoms with E-state index in [0.717, 1.165) is 31.6 Å². The first kappa shape index (κ1) is 11.2. The molecule has 5 heteroatoms. The van der Waals surface area contributed by atoms with E-state index in [-0.39, 0.29) is 12.0 Å². The van der Waals surface area contributed by atoms with Crippen LogP contribution in [0.4, 0.5) is 0 Å². The average molecular weight is 245 g/mol. The number of ether oxygens (including phenoxy) is 1. The molecule has 1 aromatic rings. The second kappa shape index (κ2) is 4.76. The number of aliphatic imine (C=N–C) groups is 1. The fourth-order valence-electron chi connectivity index (χ4n) is 2.41. The zero-order valence-electron chi connectivity index (χ0n) is 10.0. The van der Waals surface area contributed by atoms with Crippen molar-refractivity contribution in [2.75, 3.05) is 13.1 Å². The summed E-state index contributed by atoms with van der Waals surface area (Å²) >= 11 is 0. The number of amides is 1. The molecule has 3 rings (SSSR count). The summed E-state index contributed by atoms with van der Waals surface area (Å²) in [5.41, 5.74) is 0.757. The SMILES string of the molecule is O=C(C1N=CO[C@@H]1c1ccccn1)N1CCCC1. The minimum absolute atomic E-state index is 0.0527. The van der Waals surface area contributed by atoms with E-state index in [4.69, 9.17) is 4.74 Å². The van der Waals surface area contributed by atoms with Crippen molar-refractivity contribution in [1.29, 1.82) is 0 Å². The molecule has 0 N–H and O–H groups in total. The Bertz CT molecular complexity index is 455. The molecule has 2 aliphatic rings. The maximum atomic E-state index is 12.3. The molecule has 0 radical (unpaired) electrons. The lowest BCUT2D eigenvalue weighted by Gasteiger charge is -2.21. The fraction of sp³-hybridized carbons (Fsp3) is 0.462. The molecule has 1 amide bonds. The van der Waals surface area contributed by atoms with Gasteiger partial charge < -0.3 is 9.64 Å². The zero-order chi connectivity index (χ0) is 12.4. The Kier molecular flexibility index (Phi) is 2.96. The van der Waals surface area contributed by atoms with Gasteiger partial charge in [-0.25, -0.2) is 4.99 Å². The van der Waals surface area contributed by atoms with Crippen molar-refractivity contribution in [2.45, 2.75) is 25.0 Å². The van der Waals surface area contributed by atoms with Crippen LogP contribution in [0.1, 0.15) is 24.6 Å². The molecular formula is C13H15N3O2. The lowest BCUT2D eigenvalue weighted by atomic mass is 10.1. The van der Waals surface area contributed by atoms with Crippen LogP contribution in [0.25, 0.3) is 0 Å². The second-order valence-corrected chi connectivity index (χ2v) is 4.54. The predicted molar refractivity (Wildman–Crippen MR) is 66.2 cm³/mol. The van der Waals surface area contributed by atoms with Gasteiger partial charge in [-0.3, -0.25) is 9.78 Å². The van der Waals surface area contributed by atoms with Crippen LogP contribution in [-0.2, 0) is 9.53 Å². The number of hydrogen-bond donors (Lipinski definition) is 0. The van der Waals surface area contributed by atoms with E-state index in [2.05, 4.69) is 9.98 Å². The Hall–Kier alpha value is -1.91. The molecule has 2 aliphatic heterocycles. The van der Waals surface area contributed by atoms with Gasteiger partial charge in [-0.05, 0) is 25.0 Å².